The van der Waals surface area contributed by atoms with Crippen LogP contribution in [0.3, 0.4) is 0 Å². The van der Waals surface area contributed by atoms with Crippen LogP contribution in [0.1, 0.15) is 6.42 Å². The Hall–Kier alpha value is -4.08. The van der Waals surface area contributed by atoms with Crippen LogP contribution in [-0.2, 0) is 0 Å². The molecule has 7 nitrogen and oxygen atoms in total. The molecule has 1 aliphatic heterocycles. The van der Waals surface area contributed by atoms with Crippen molar-refractivity contribution < 1.29 is 13.2 Å². The van der Waals surface area contributed by atoms with Gasteiger partial charge in [0.15, 0.2) is 0 Å². The Balaban J connectivity index is 1.75. The van der Waals surface area contributed by atoms with Crippen LogP contribution in [0.5, 0.6) is 0 Å². The standard InChI is InChI=1S/C23H17F3N6O/c24-15-4-3-11(14-9-29-31-20(14)15)17-13-8-16(32-7-5-23(25,26)10-32)21-12(2-1-6-28-21)19(13)30-22(33)18(17)27/h1-4,6,8-9H,5,7,10,27H2,(H,29,31)(H,30,33). The Morgan fingerprint density at radius 3 is 2.76 bits per heavy atom. The maximum Gasteiger partial charge on any atom is 0.272 e. The maximum absolute atomic E-state index is 14.3. The number of nitrogens with zero attached hydrogens (tertiary/aromatic N) is 3. The number of fused-ring (bicyclic) bond motifs is 4. The lowest BCUT2D eigenvalue weighted by Crippen LogP contribution is -2.25. The van der Waals surface area contributed by atoms with Crippen molar-refractivity contribution in [2.45, 2.75) is 12.3 Å². The third-order valence-corrected chi connectivity index (χ3v) is 6.24. The number of nitrogens with two attached hydrogens (primary N) is 1. The fourth-order valence-electron chi connectivity index (χ4n) is 4.70. The molecule has 5 aromatic rings. The molecule has 6 rings (SSSR count). The summed E-state index contributed by atoms with van der Waals surface area (Å²) in [6.45, 7) is -0.262. The van der Waals surface area contributed by atoms with E-state index < -0.39 is 23.8 Å². The lowest BCUT2D eigenvalue weighted by Gasteiger charge is -2.22. The number of halogens is 3. The number of pyridine rings is 2. The van der Waals surface area contributed by atoms with Gasteiger partial charge in [-0.1, -0.05) is 6.07 Å². The summed E-state index contributed by atoms with van der Waals surface area (Å²) in [6.07, 6.45) is 2.79. The molecule has 4 heterocycles. The van der Waals surface area contributed by atoms with Gasteiger partial charge in [-0.05, 0) is 29.8 Å². The van der Waals surface area contributed by atoms with Crippen LogP contribution in [-0.4, -0.2) is 39.2 Å². The van der Waals surface area contributed by atoms with Gasteiger partial charge in [0.25, 0.3) is 11.5 Å². The first kappa shape index (κ1) is 19.6. The van der Waals surface area contributed by atoms with Gasteiger partial charge in [0.05, 0.1) is 29.5 Å². The van der Waals surface area contributed by atoms with E-state index in [1.54, 1.807) is 29.3 Å². The van der Waals surface area contributed by atoms with E-state index in [4.69, 9.17) is 5.73 Å². The largest absolute Gasteiger partial charge is 0.394 e. The van der Waals surface area contributed by atoms with E-state index in [2.05, 4.69) is 20.2 Å². The van der Waals surface area contributed by atoms with Gasteiger partial charge < -0.3 is 15.6 Å². The van der Waals surface area contributed by atoms with Crippen LogP contribution in [0.25, 0.3) is 43.8 Å². The molecule has 166 valence electrons. The number of aromatic amines is 2. The predicted octanol–water partition coefficient (Wildman–Crippen LogP) is 4.19. The van der Waals surface area contributed by atoms with E-state index in [0.29, 0.717) is 44.0 Å². The highest BCUT2D eigenvalue weighted by molar-refractivity contribution is 6.17. The van der Waals surface area contributed by atoms with Crippen molar-refractivity contribution in [3.05, 3.63) is 58.9 Å². The minimum atomic E-state index is -2.80. The Morgan fingerprint density at radius 2 is 1.97 bits per heavy atom. The minimum Gasteiger partial charge on any atom is -0.394 e. The number of benzene rings is 2. The summed E-state index contributed by atoms with van der Waals surface area (Å²) in [7, 11) is 0. The molecule has 0 saturated carbocycles. The molecule has 0 aliphatic carbocycles. The van der Waals surface area contributed by atoms with Crippen LogP contribution in [0.2, 0.25) is 0 Å². The number of rotatable bonds is 2. The normalized spacial score (nSPS) is 15.8. The molecule has 0 amide bonds. The Bertz CT molecular complexity index is 1640. The first-order chi connectivity index (χ1) is 15.8. The van der Waals surface area contributed by atoms with E-state index in [9.17, 15) is 18.0 Å². The molecule has 0 unspecified atom stereocenters. The number of nitrogen functional groups attached to an aromatic ring is 1. The van der Waals surface area contributed by atoms with Crippen LogP contribution >= 0.6 is 0 Å². The molecule has 0 radical (unpaired) electrons. The van der Waals surface area contributed by atoms with E-state index in [0.717, 1.165) is 0 Å². The fourth-order valence-corrected chi connectivity index (χ4v) is 4.70. The summed E-state index contributed by atoms with van der Waals surface area (Å²) >= 11 is 0. The monoisotopic (exact) mass is 450 g/mol. The summed E-state index contributed by atoms with van der Waals surface area (Å²) in [4.78, 5) is 21.7. The molecular formula is C23H17F3N6O. The highest BCUT2D eigenvalue weighted by Gasteiger charge is 2.39. The van der Waals surface area contributed by atoms with Gasteiger partial charge >= 0.3 is 0 Å². The first-order valence-electron chi connectivity index (χ1n) is 10.3. The number of H-pyrrole nitrogens is 2. The van der Waals surface area contributed by atoms with E-state index in [1.807, 2.05) is 0 Å². The summed E-state index contributed by atoms with van der Waals surface area (Å²) in [5, 5.41) is 8.16. The number of alkyl halides is 2. The number of anilines is 2. The lowest BCUT2D eigenvalue weighted by atomic mass is 9.94. The summed E-state index contributed by atoms with van der Waals surface area (Å²) < 4.78 is 42.4. The number of hydrogen-bond donors (Lipinski definition) is 3. The molecule has 1 saturated heterocycles. The summed E-state index contributed by atoms with van der Waals surface area (Å²) in [5.74, 6) is -3.29. The van der Waals surface area contributed by atoms with Gasteiger partial charge in [0.2, 0.25) is 0 Å². The van der Waals surface area contributed by atoms with Gasteiger partial charge in [-0.15, -0.1) is 0 Å². The zero-order valence-electron chi connectivity index (χ0n) is 17.1. The van der Waals surface area contributed by atoms with Crippen molar-refractivity contribution in [1.29, 1.82) is 0 Å². The maximum atomic E-state index is 14.3. The quantitative estimate of drug-likeness (QED) is 0.350. The zero-order valence-corrected chi connectivity index (χ0v) is 17.1. The topological polar surface area (TPSA) is 104 Å². The van der Waals surface area contributed by atoms with Crippen molar-refractivity contribution in [1.82, 2.24) is 20.2 Å². The van der Waals surface area contributed by atoms with E-state index >= 15 is 0 Å². The lowest BCUT2D eigenvalue weighted by molar-refractivity contribution is 0.0257. The number of hydrogen-bond acceptors (Lipinski definition) is 5. The highest BCUT2D eigenvalue weighted by Crippen LogP contribution is 2.42. The third-order valence-electron chi connectivity index (χ3n) is 6.24. The number of aromatic nitrogens is 4. The third kappa shape index (κ3) is 2.86. The molecule has 33 heavy (non-hydrogen) atoms. The molecule has 2 aromatic carbocycles. The van der Waals surface area contributed by atoms with Crippen LogP contribution in [0.4, 0.5) is 24.5 Å². The zero-order chi connectivity index (χ0) is 22.9. The fraction of sp³-hybridized carbons (Fsp3) is 0.174. The molecule has 4 N–H and O–H groups in total. The summed E-state index contributed by atoms with van der Waals surface area (Å²) in [5.41, 5.74) is 8.26. The van der Waals surface area contributed by atoms with Gasteiger partial charge in [-0.25, -0.2) is 13.2 Å². The van der Waals surface area contributed by atoms with Gasteiger partial charge in [-0.3, -0.25) is 14.9 Å². The SMILES string of the molecule is Nc1c(-c2ccc(F)c3[nH]ncc23)c2cc(N3CCC(F)(F)C3)c3ncccc3c2[nH]c1=O. The first-order valence-corrected chi connectivity index (χ1v) is 10.3. The van der Waals surface area contributed by atoms with Gasteiger partial charge in [0.1, 0.15) is 17.0 Å². The Kier molecular flexibility index (Phi) is 3.98. The minimum absolute atomic E-state index is 0.0578. The summed E-state index contributed by atoms with van der Waals surface area (Å²) in [6, 6.07) is 8.02. The Morgan fingerprint density at radius 1 is 1.12 bits per heavy atom. The average Bonchev–Trinajstić information content (AvgIpc) is 3.43. The molecule has 0 spiro atoms. The smallest absolute Gasteiger partial charge is 0.272 e. The molecule has 1 aliphatic rings. The molecule has 3 aromatic heterocycles. The predicted molar refractivity (Wildman–Crippen MR) is 121 cm³/mol. The molecule has 1 fully saturated rings. The second-order valence-corrected chi connectivity index (χ2v) is 8.24. The molecular weight excluding hydrogens is 433 g/mol. The average molecular weight is 450 g/mol. The van der Waals surface area contributed by atoms with Crippen molar-refractivity contribution in [2.24, 2.45) is 0 Å². The van der Waals surface area contributed by atoms with Gasteiger partial charge in [0, 0.05) is 40.9 Å². The van der Waals surface area contributed by atoms with Crippen molar-refractivity contribution in [2.75, 3.05) is 23.7 Å². The van der Waals surface area contributed by atoms with Crippen molar-refractivity contribution >= 4 is 44.1 Å². The van der Waals surface area contributed by atoms with Crippen LogP contribution in [0.15, 0.2) is 47.5 Å². The Labute approximate surface area is 184 Å². The van der Waals surface area contributed by atoms with E-state index in [-0.39, 0.29) is 24.2 Å². The molecule has 10 heteroatoms. The molecule has 0 atom stereocenters. The van der Waals surface area contributed by atoms with Gasteiger partial charge in [-0.2, -0.15) is 5.10 Å². The highest BCUT2D eigenvalue weighted by atomic mass is 19.3. The van der Waals surface area contributed by atoms with Crippen molar-refractivity contribution in [3.8, 4) is 11.1 Å². The second-order valence-electron chi connectivity index (χ2n) is 8.24. The molecule has 0 bridgehead atoms. The van der Waals surface area contributed by atoms with E-state index in [1.165, 1.54) is 18.3 Å². The number of nitrogens with one attached hydrogen (secondary N) is 2. The van der Waals surface area contributed by atoms with Crippen LogP contribution < -0.4 is 16.2 Å². The van der Waals surface area contributed by atoms with Crippen molar-refractivity contribution in [3.63, 3.8) is 0 Å². The van der Waals surface area contributed by atoms with Crippen LogP contribution in [0, 0.1) is 5.82 Å². The second kappa shape index (κ2) is 6.71.